The first kappa shape index (κ1) is 15.6. The highest BCUT2D eigenvalue weighted by Gasteiger charge is 2.26. The fraction of sp³-hybridized carbons (Fsp3) is 0.625. The van der Waals surface area contributed by atoms with Crippen molar-refractivity contribution < 1.29 is 4.74 Å². The van der Waals surface area contributed by atoms with Gasteiger partial charge in [0.1, 0.15) is 12.4 Å². The van der Waals surface area contributed by atoms with Crippen LogP contribution in [0.15, 0.2) is 18.5 Å². The molecular weight excluding hydrogens is 296 g/mol. The molecule has 2 aromatic rings. The van der Waals surface area contributed by atoms with Crippen molar-refractivity contribution in [3.8, 4) is 0 Å². The lowest BCUT2D eigenvalue weighted by atomic mass is 9.95. The molecule has 1 fully saturated rings. The van der Waals surface area contributed by atoms with Gasteiger partial charge in [0.25, 0.3) is 0 Å². The van der Waals surface area contributed by atoms with E-state index in [1.54, 1.807) is 6.33 Å². The highest BCUT2D eigenvalue weighted by molar-refractivity contribution is 7.12. The van der Waals surface area contributed by atoms with Crippen molar-refractivity contribution in [3.63, 3.8) is 0 Å². The van der Waals surface area contributed by atoms with Crippen LogP contribution >= 0.6 is 11.3 Å². The molecule has 22 heavy (non-hydrogen) atoms. The van der Waals surface area contributed by atoms with Crippen molar-refractivity contribution in [1.82, 2.24) is 19.7 Å². The fourth-order valence-corrected chi connectivity index (χ4v) is 3.78. The van der Waals surface area contributed by atoms with Crippen LogP contribution in [0.3, 0.4) is 0 Å². The van der Waals surface area contributed by atoms with E-state index in [9.17, 15) is 0 Å². The Labute approximate surface area is 135 Å². The van der Waals surface area contributed by atoms with Crippen molar-refractivity contribution in [1.29, 1.82) is 0 Å². The van der Waals surface area contributed by atoms with E-state index in [1.165, 1.54) is 9.75 Å². The molecule has 0 saturated carbocycles. The molecule has 1 aliphatic rings. The van der Waals surface area contributed by atoms with Crippen molar-refractivity contribution in [2.45, 2.75) is 38.8 Å². The van der Waals surface area contributed by atoms with Crippen molar-refractivity contribution in [2.24, 2.45) is 7.05 Å². The molecule has 6 heteroatoms. The van der Waals surface area contributed by atoms with E-state index in [2.05, 4.69) is 48.0 Å². The van der Waals surface area contributed by atoms with Gasteiger partial charge in [-0.25, -0.2) is 0 Å². The second-order valence-electron chi connectivity index (χ2n) is 6.91. The third-order valence-corrected chi connectivity index (χ3v) is 5.46. The number of hydrogen-bond donors (Lipinski definition) is 0. The van der Waals surface area contributed by atoms with Crippen LogP contribution in [-0.2, 0) is 23.7 Å². The Kier molecular flexibility index (Phi) is 4.34. The maximum Gasteiger partial charge on any atom is 0.163 e. The van der Waals surface area contributed by atoms with E-state index in [1.807, 2.05) is 23.0 Å². The summed E-state index contributed by atoms with van der Waals surface area (Å²) in [6.45, 7) is 10.4. The average molecular weight is 320 g/mol. The molecule has 0 bridgehead atoms. The Morgan fingerprint density at radius 2 is 2.18 bits per heavy atom. The predicted octanol–water partition coefficient (Wildman–Crippen LogP) is 2.75. The smallest absolute Gasteiger partial charge is 0.163 e. The van der Waals surface area contributed by atoms with Crippen molar-refractivity contribution in [3.05, 3.63) is 34.0 Å². The number of hydrogen-bond acceptors (Lipinski definition) is 5. The van der Waals surface area contributed by atoms with E-state index < -0.39 is 0 Å². The quantitative estimate of drug-likeness (QED) is 0.872. The summed E-state index contributed by atoms with van der Waals surface area (Å²) in [6.07, 6.45) is 1.75. The molecule has 120 valence electrons. The van der Waals surface area contributed by atoms with Crippen LogP contribution in [0.4, 0.5) is 0 Å². The molecule has 0 aromatic carbocycles. The van der Waals surface area contributed by atoms with E-state index >= 15 is 0 Å². The number of ether oxygens (including phenoxy) is 1. The summed E-state index contributed by atoms with van der Waals surface area (Å²) in [5.74, 6) is 0.909. The van der Waals surface area contributed by atoms with Gasteiger partial charge >= 0.3 is 0 Å². The van der Waals surface area contributed by atoms with Gasteiger partial charge in [-0.15, -0.1) is 21.5 Å². The summed E-state index contributed by atoms with van der Waals surface area (Å²) in [5.41, 5.74) is 0.231. The molecule has 3 heterocycles. The molecule has 1 aliphatic heterocycles. The number of rotatable bonds is 3. The lowest BCUT2D eigenvalue weighted by molar-refractivity contribution is -0.0382. The van der Waals surface area contributed by atoms with Crippen LogP contribution in [0.25, 0.3) is 0 Å². The van der Waals surface area contributed by atoms with Gasteiger partial charge in [0, 0.05) is 36.4 Å². The molecule has 3 rings (SSSR count). The predicted molar refractivity (Wildman–Crippen MR) is 88.0 cm³/mol. The minimum absolute atomic E-state index is 0.0169. The molecule has 1 saturated heterocycles. The molecule has 5 nitrogen and oxygen atoms in total. The van der Waals surface area contributed by atoms with E-state index in [-0.39, 0.29) is 11.5 Å². The molecule has 0 N–H and O–H groups in total. The average Bonchev–Trinajstić information content (AvgIpc) is 3.07. The fourth-order valence-electron chi connectivity index (χ4n) is 2.67. The summed E-state index contributed by atoms with van der Waals surface area (Å²) in [7, 11) is 1.96. The van der Waals surface area contributed by atoms with Crippen molar-refractivity contribution >= 4 is 11.3 Å². The first-order chi connectivity index (χ1) is 10.4. The largest absolute Gasteiger partial charge is 0.368 e. The highest BCUT2D eigenvalue weighted by atomic mass is 32.1. The third kappa shape index (κ3) is 3.39. The lowest BCUT2D eigenvalue weighted by Gasteiger charge is -2.31. The molecule has 0 amide bonds. The number of nitrogens with zero attached hydrogens (tertiary/aromatic N) is 4. The Hall–Kier alpha value is -1.24. The van der Waals surface area contributed by atoms with Gasteiger partial charge in [0.2, 0.25) is 0 Å². The van der Waals surface area contributed by atoms with E-state index in [0.717, 1.165) is 32.1 Å². The normalized spacial score (nSPS) is 20.5. The van der Waals surface area contributed by atoms with Crippen LogP contribution in [0.2, 0.25) is 0 Å². The summed E-state index contributed by atoms with van der Waals surface area (Å²) in [5, 5.41) is 8.13. The van der Waals surface area contributed by atoms with Gasteiger partial charge in [-0.2, -0.15) is 0 Å². The van der Waals surface area contributed by atoms with Gasteiger partial charge in [0.05, 0.1) is 6.61 Å². The molecule has 1 atom stereocenters. The van der Waals surface area contributed by atoms with Crippen LogP contribution in [0.5, 0.6) is 0 Å². The van der Waals surface area contributed by atoms with E-state index in [4.69, 9.17) is 4.74 Å². The molecule has 0 unspecified atom stereocenters. The SMILES string of the molecule is Cn1cnnc1[C@H]1CN(Cc2ccc(C(C)(C)C)s2)CCO1. The maximum absolute atomic E-state index is 5.87. The Morgan fingerprint density at radius 1 is 1.36 bits per heavy atom. The monoisotopic (exact) mass is 320 g/mol. The maximum atomic E-state index is 5.87. The van der Waals surface area contributed by atoms with Crippen molar-refractivity contribution in [2.75, 3.05) is 19.7 Å². The number of aromatic nitrogens is 3. The van der Waals surface area contributed by atoms with Gasteiger partial charge < -0.3 is 9.30 Å². The first-order valence-electron chi connectivity index (χ1n) is 7.70. The Bertz CT molecular complexity index is 628. The molecule has 0 radical (unpaired) electrons. The highest BCUT2D eigenvalue weighted by Crippen LogP contribution is 2.30. The zero-order chi connectivity index (χ0) is 15.7. The molecule has 0 aliphatic carbocycles. The number of aryl methyl sites for hydroxylation is 1. The summed E-state index contributed by atoms with van der Waals surface area (Å²) >= 11 is 1.92. The van der Waals surface area contributed by atoms with Gasteiger partial charge in [-0.3, -0.25) is 4.90 Å². The number of thiophene rings is 1. The van der Waals surface area contributed by atoms with Crippen LogP contribution < -0.4 is 0 Å². The number of morpholine rings is 1. The standard InChI is InChI=1S/C16H24N4OS/c1-16(2,3)14-6-5-12(22-14)9-20-7-8-21-13(10-20)15-18-17-11-19(15)4/h5-6,11,13H,7-10H2,1-4H3/t13-/m1/s1. The molecule has 2 aromatic heterocycles. The minimum atomic E-state index is 0.0169. The second kappa shape index (κ2) is 6.10. The molecular formula is C16H24N4OS. The van der Waals surface area contributed by atoms with Crippen LogP contribution in [0, 0.1) is 0 Å². The van der Waals surface area contributed by atoms with Gasteiger partial charge in [-0.1, -0.05) is 20.8 Å². The van der Waals surface area contributed by atoms with Gasteiger partial charge in [-0.05, 0) is 17.5 Å². The van der Waals surface area contributed by atoms with Crippen LogP contribution in [-0.4, -0.2) is 39.4 Å². The second-order valence-corrected chi connectivity index (χ2v) is 8.08. The zero-order valence-electron chi connectivity index (χ0n) is 13.7. The first-order valence-corrected chi connectivity index (χ1v) is 8.52. The van der Waals surface area contributed by atoms with Gasteiger partial charge in [0.15, 0.2) is 5.82 Å². The third-order valence-electron chi connectivity index (χ3n) is 3.97. The summed E-state index contributed by atoms with van der Waals surface area (Å²) < 4.78 is 7.81. The topological polar surface area (TPSA) is 43.2 Å². The van der Waals surface area contributed by atoms with Crippen LogP contribution in [0.1, 0.15) is 42.5 Å². The summed E-state index contributed by atoms with van der Waals surface area (Å²) in [4.78, 5) is 5.31. The Balaban J connectivity index is 1.66. The zero-order valence-corrected chi connectivity index (χ0v) is 14.6. The Morgan fingerprint density at radius 3 is 2.82 bits per heavy atom. The van der Waals surface area contributed by atoms with E-state index in [0.29, 0.717) is 0 Å². The lowest BCUT2D eigenvalue weighted by Crippen LogP contribution is -2.38. The summed E-state index contributed by atoms with van der Waals surface area (Å²) in [6, 6.07) is 4.53. The molecule has 0 spiro atoms. The minimum Gasteiger partial charge on any atom is -0.368 e.